The van der Waals surface area contributed by atoms with Gasteiger partial charge in [0.25, 0.3) is 0 Å². The van der Waals surface area contributed by atoms with Crippen LogP contribution in [-0.4, -0.2) is 31.6 Å². The molecule has 0 bridgehead atoms. The summed E-state index contributed by atoms with van der Waals surface area (Å²) < 4.78 is 5.71. The maximum Gasteiger partial charge on any atom is 0.315 e. The molecule has 2 atom stereocenters. The predicted molar refractivity (Wildman–Crippen MR) is 144 cm³/mol. The summed E-state index contributed by atoms with van der Waals surface area (Å²) in [5.41, 5.74) is 5.43. The monoisotopic (exact) mass is 485 g/mol. The van der Waals surface area contributed by atoms with E-state index in [0.717, 1.165) is 41.0 Å². The van der Waals surface area contributed by atoms with Crippen LogP contribution < -0.4 is 20.3 Å². The fourth-order valence-corrected chi connectivity index (χ4v) is 4.78. The highest BCUT2D eigenvalue weighted by atomic mass is 16.5. The van der Waals surface area contributed by atoms with Crippen molar-refractivity contribution in [3.63, 3.8) is 0 Å². The van der Waals surface area contributed by atoms with Gasteiger partial charge in [0.1, 0.15) is 5.75 Å². The van der Waals surface area contributed by atoms with Crippen LogP contribution in [0.25, 0.3) is 11.1 Å². The van der Waals surface area contributed by atoms with Gasteiger partial charge in [-0.05, 0) is 54.5 Å². The van der Waals surface area contributed by atoms with Crippen molar-refractivity contribution in [3.8, 4) is 16.9 Å². The summed E-state index contributed by atoms with van der Waals surface area (Å²) in [6, 6.07) is 24.2. The molecule has 3 aromatic rings. The van der Waals surface area contributed by atoms with Gasteiger partial charge in [-0.25, -0.2) is 4.79 Å². The molecule has 0 aromatic heterocycles. The van der Waals surface area contributed by atoms with E-state index in [-0.39, 0.29) is 23.8 Å². The molecule has 2 amide bonds. The van der Waals surface area contributed by atoms with Crippen molar-refractivity contribution in [2.45, 2.75) is 39.7 Å². The summed E-state index contributed by atoms with van der Waals surface area (Å²) in [5, 5.41) is 5.77. The highest BCUT2D eigenvalue weighted by molar-refractivity contribution is 5.80. The SMILES string of the molecule is CCN(CC)c1ccc2c(c1)OC(=O)C(CCNC(=O)NCc1ccc(-c3ccccc3)cc1)C2C. The van der Waals surface area contributed by atoms with Crippen LogP contribution in [0.5, 0.6) is 5.75 Å². The molecule has 2 unspecified atom stereocenters. The number of hydrogen-bond acceptors (Lipinski definition) is 4. The van der Waals surface area contributed by atoms with Gasteiger partial charge in [-0.1, -0.05) is 67.6 Å². The molecule has 188 valence electrons. The van der Waals surface area contributed by atoms with Gasteiger partial charge in [0.05, 0.1) is 5.92 Å². The third-order valence-corrected chi connectivity index (χ3v) is 6.99. The van der Waals surface area contributed by atoms with Crippen molar-refractivity contribution in [1.82, 2.24) is 10.6 Å². The molecule has 6 heteroatoms. The highest BCUT2D eigenvalue weighted by Gasteiger charge is 2.35. The van der Waals surface area contributed by atoms with Crippen molar-refractivity contribution in [2.24, 2.45) is 5.92 Å². The number of nitrogens with one attached hydrogen (secondary N) is 2. The Balaban J connectivity index is 1.26. The minimum atomic E-state index is -0.289. The average molecular weight is 486 g/mol. The molecule has 1 aliphatic rings. The van der Waals surface area contributed by atoms with Crippen molar-refractivity contribution in [3.05, 3.63) is 83.9 Å². The summed E-state index contributed by atoms with van der Waals surface area (Å²) in [4.78, 5) is 27.3. The summed E-state index contributed by atoms with van der Waals surface area (Å²) in [5.74, 6) is 0.159. The number of esters is 1. The standard InChI is InChI=1S/C30H35N3O3/c1-4-33(5-2)25-15-16-26-21(3)27(29(34)36-28(26)19-25)17-18-31-30(35)32-20-22-11-13-24(14-12-22)23-9-7-6-8-10-23/h6-16,19,21,27H,4-5,17-18,20H2,1-3H3,(H2,31,32,35). The molecule has 0 saturated carbocycles. The lowest BCUT2D eigenvalue weighted by molar-refractivity contribution is -0.141. The fourth-order valence-electron chi connectivity index (χ4n) is 4.78. The second kappa shape index (κ2) is 11.8. The first-order chi connectivity index (χ1) is 17.5. The van der Waals surface area contributed by atoms with E-state index >= 15 is 0 Å². The van der Waals surface area contributed by atoms with Gasteiger partial charge < -0.3 is 20.3 Å². The zero-order valence-corrected chi connectivity index (χ0v) is 21.3. The van der Waals surface area contributed by atoms with Crippen LogP contribution in [-0.2, 0) is 11.3 Å². The minimum absolute atomic E-state index is 0.0278. The lowest BCUT2D eigenvalue weighted by Crippen LogP contribution is -2.38. The molecule has 2 N–H and O–H groups in total. The zero-order valence-electron chi connectivity index (χ0n) is 21.3. The van der Waals surface area contributed by atoms with E-state index in [1.807, 2.05) is 36.4 Å². The lowest BCUT2D eigenvalue weighted by atomic mass is 9.83. The number of hydrogen-bond donors (Lipinski definition) is 2. The largest absolute Gasteiger partial charge is 0.426 e. The number of amides is 2. The first kappa shape index (κ1) is 25.3. The van der Waals surface area contributed by atoms with Gasteiger partial charge in [-0.2, -0.15) is 0 Å². The third kappa shape index (κ3) is 5.88. The van der Waals surface area contributed by atoms with E-state index in [9.17, 15) is 9.59 Å². The summed E-state index contributed by atoms with van der Waals surface area (Å²) >= 11 is 0. The quantitative estimate of drug-likeness (QED) is 0.300. The molecule has 0 radical (unpaired) electrons. The molecule has 0 spiro atoms. The Morgan fingerprint density at radius 1 is 0.917 bits per heavy atom. The molecule has 0 aliphatic carbocycles. The predicted octanol–water partition coefficient (Wildman–Crippen LogP) is 5.73. The van der Waals surface area contributed by atoms with Gasteiger partial charge in [0, 0.05) is 37.9 Å². The van der Waals surface area contributed by atoms with E-state index in [1.54, 1.807) is 0 Å². The Morgan fingerprint density at radius 3 is 2.31 bits per heavy atom. The molecule has 4 rings (SSSR count). The van der Waals surface area contributed by atoms with Crippen LogP contribution >= 0.6 is 0 Å². The van der Waals surface area contributed by atoms with Gasteiger partial charge in [-0.3, -0.25) is 4.79 Å². The third-order valence-electron chi connectivity index (χ3n) is 6.99. The van der Waals surface area contributed by atoms with Crippen molar-refractivity contribution >= 4 is 17.7 Å². The van der Waals surface area contributed by atoms with Crippen LogP contribution in [0.4, 0.5) is 10.5 Å². The van der Waals surface area contributed by atoms with Gasteiger partial charge in [0.2, 0.25) is 0 Å². The molecule has 0 saturated heterocycles. The van der Waals surface area contributed by atoms with Crippen LogP contribution in [0.1, 0.15) is 44.2 Å². The number of benzene rings is 3. The number of carbonyl (C=O) groups excluding carboxylic acids is 2. The first-order valence-electron chi connectivity index (χ1n) is 12.8. The van der Waals surface area contributed by atoms with Crippen LogP contribution in [0.2, 0.25) is 0 Å². The molecule has 0 fully saturated rings. The topological polar surface area (TPSA) is 70.7 Å². The fraction of sp³-hybridized carbons (Fsp3) is 0.333. The van der Waals surface area contributed by atoms with Gasteiger partial charge in [-0.15, -0.1) is 0 Å². The second-order valence-electron chi connectivity index (χ2n) is 9.17. The number of nitrogens with zero attached hydrogens (tertiary/aromatic N) is 1. The molecular weight excluding hydrogens is 450 g/mol. The summed E-state index contributed by atoms with van der Waals surface area (Å²) in [6.45, 7) is 8.90. The summed E-state index contributed by atoms with van der Waals surface area (Å²) in [6.07, 6.45) is 0.524. The lowest BCUT2D eigenvalue weighted by Gasteiger charge is -2.31. The Morgan fingerprint density at radius 2 is 1.61 bits per heavy atom. The van der Waals surface area contributed by atoms with E-state index in [1.165, 1.54) is 0 Å². The molecule has 6 nitrogen and oxygen atoms in total. The van der Waals surface area contributed by atoms with E-state index in [2.05, 4.69) is 72.7 Å². The van der Waals surface area contributed by atoms with Crippen LogP contribution in [0, 0.1) is 5.92 Å². The molecular formula is C30H35N3O3. The Labute approximate surface area is 213 Å². The van der Waals surface area contributed by atoms with Crippen molar-refractivity contribution in [1.29, 1.82) is 0 Å². The van der Waals surface area contributed by atoms with Gasteiger partial charge >= 0.3 is 12.0 Å². The Kier molecular flexibility index (Phi) is 8.26. The Hall–Kier alpha value is -3.80. The minimum Gasteiger partial charge on any atom is -0.426 e. The highest BCUT2D eigenvalue weighted by Crippen LogP contribution is 2.40. The number of ether oxygens (including phenoxy) is 1. The Bertz CT molecular complexity index is 1170. The maximum absolute atomic E-state index is 12.7. The smallest absolute Gasteiger partial charge is 0.315 e. The number of carbonyl (C=O) groups is 2. The number of rotatable bonds is 9. The first-order valence-corrected chi connectivity index (χ1v) is 12.8. The number of anilines is 1. The van der Waals surface area contributed by atoms with E-state index < -0.39 is 0 Å². The van der Waals surface area contributed by atoms with Crippen molar-refractivity contribution < 1.29 is 14.3 Å². The normalized spacial score (nSPS) is 16.6. The zero-order chi connectivity index (χ0) is 25.5. The maximum atomic E-state index is 12.7. The molecule has 3 aromatic carbocycles. The molecule has 1 aliphatic heterocycles. The van der Waals surface area contributed by atoms with Gasteiger partial charge in [0.15, 0.2) is 0 Å². The van der Waals surface area contributed by atoms with Crippen molar-refractivity contribution in [2.75, 3.05) is 24.5 Å². The van der Waals surface area contributed by atoms with Crippen LogP contribution in [0.15, 0.2) is 72.8 Å². The van der Waals surface area contributed by atoms with E-state index in [4.69, 9.17) is 4.74 Å². The number of fused-ring (bicyclic) bond motifs is 1. The summed E-state index contributed by atoms with van der Waals surface area (Å²) in [7, 11) is 0. The second-order valence-corrected chi connectivity index (χ2v) is 9.17. The molecule has 36 heavy (non-hydrogen) atoms. The van der Waals surface area contributed by atoms with E-state index in [0.29, 0.717) is 25.3 Å². The average Bonchev–Trinajstić information content (AvgIpc) is 2.90. The molecule has 1 heterocycles. The number of urea groups is 1. The van der Waals surface area contributed by atoms with Crippen LogP contribution in [0.3, 0.4) is 0 Å².